The maximum Gasteiger partial charge on any atom is 0.246 e. The molecule has 3 amide bonds. The molecule has 0 fully saturated rings. The molecule has 1 aromatic carbocycles. The maximum absolute atomic E-state index is 11.8. The van der Waals surface area contributed by atoms with Crippen molar-refractivity contribution in [2.24, 2.45) is 0 Å². The van der Waals surface area contributed by atoms with E-state index in [0.717, 1.165) is 12.0 Å². The highest BCUT2D eigenvalue weighted by molar-refractivity contribution is 5.77. The largest absolute Gasteiger partial charge is 0.377 e. The Hall–Kier alpha value is -2.53. The fraction of sp³-hybridized carbons (Fsp3) is 0.667. The molecule has 1 rings (SSSR count). The topological polar surface area (TPSA) is 124 Å². The van der Waals surface area contributed by atoms with Gasteiger partial charge in [-0.3, -0.25) is 14.4 Å². The highest BCUT2D eigenvalue weighted by Gasteiger charge is 2.03. The van der Waals surface area contributed by atoms with Crippen LogP contribution >= 0.6 is 0 Å². The molecule has 0 bridgehead atoms. The molecule has 0 aliphatic rings. The normalized spacial score (nSPS) is 10.3. The first-order valence-corrected chi connectivity index (χ1v) is 13.1. The second kappa shape index (κ2) is 25.1. The first-order chi connectivity index (χ1) is 18.0. The van der Waals surface area contributed by atoms with Crippen LogP contribution in [0.3, 0.4) is 0 Å². The van der Waals surface area contributed by atoms with Gasteiger partial charge in [-0.1, -0.05) is 58.4 Å². The Morgan fingerprint density at radius 3 is 1.51 bits per heavy atom. The summed E-state index contributed by atoms with van der Waals surface area (Å²) in [6, 6.07) is 8.13. The van der Waals surface area contributed by atoms with Crippen molar-refractivity contribution in [2.75, 3.05) is 65.9 Å². The Kier molecular flexibility index (Phi) is 23.4. The molecule has 0 spiro atoms. The molecule has 37 heavy (non-hydrogen) atoms. The number of amides is 3. The minimum atomic E-state index is -0.240. The summed E-state index contributed by atoms with van der Waals surface area (Å²) in [6.07, 6.45) is 2.69. The summed E-state index contributed by atoms with van der Waals surface area (Å²) in [7, 11) is 0. The zero-order valence-corrected chi connectivity index (χ0v) is 23.1. The van der Waals surface area contributed by atoms with Gasteiger partial charge in [0.15, 0.2) is 0 Å². The highest BCUT2D eigenvalue weighted by Crippen LogP contribution is 2.04. The Morgan fingerprint density at radius 2 is 1.03 bits per heavy atom. The Morgan fingerprint density at radius 1 is 0.595 bits per heavy atom. The van der Waals surface area contributed by atoms with E-state index >= 15 is 0 Å². The smallest absolute Gasteiger partial charge is 0.246 e. The van der Waals surface area contributed by atoms with Crippen LogP contribution in [0.4, 0.5) is 0 Å². The van der Waals surface area contributed by atoms with Gasteiger partial charge in [-0.2, -0.15) is 0 Å². The predicted octanol–water partition coefficient (Wildman–Crippen LogP) is 1.99. The Labute approximate surface area is 222 Å². The number of hydrogen-bond acceptors (Lipinski definition) is 7. The molecule has 0 heterocycles. The van der Waals surface area contributed by atoms with Gasteiger partial charge in [0.25, 0.3) is 0 Å². The number of carbonyl (C=O) groups excluding carboxylic acids is 3. The zero-order valence-electron chi connectivity index (χ0n) is 23.1. The molecular formula is C27H47N3O7. The van der Waals surface area contributed by atoms with Crippen LogP contribution in [0.5, 0.6) is 0 Å². The van der Waals surface area contributed by atoms with Gasteiger partial charge in [0, 0.05) is 26.1 Å². The van der Waals surface area contributed by atoms with E-state index in [1.807, 2.05) is 12.1 Å². The molecule has 0 radical (unpaired) electrons. The van der Waals surface area contributed by atoms with E-state index in [1.54, 1.807) is 6.92 Å². The SMILES string of the molecule is CCC.CCC(=O)NCCOCCOCC(=O)NCCOCCOCC(=O)NCc1ccc(CC)cc1. The molecule has 0 atom stereocenters. The van der Waals surface area contributed by atoms with Gasteiger partial charge < -0.3 is 34.9 Å². The van der Waals surface area contributed by atoms with Crippen LogP contribution in [0.15, 0.2) is 24.3 Å². The molecule has 0 aliphatic carbocycles. The summed E-state index contributed by atoms with van der Waals surface area (Å²) in [5, 5.41) is 8.19. The van der Waals surface area contributed by atoms with Crippen molar-refractivity contribution >= 4 is 17.7 Å². The first-order valence-electron chi connectivity index (χ1n) is 13.1. The lowest BCUT2D eigenvalue weighted by molar-refractivity contribution is -0.127. The second-order valence-corrected chi connectivity index (χ2v) is 8.04. The molecule has 1 aromatic rings. The number of rotatable bonds is 20. The summed E-state index contributed by atoms with van der Waals surface area (Å²) >= 11 is 0. The number of benzene rings is 1. The fourth-order valence-corrected chi connectivity index (χ4v) is 2.62. The molecule has 0 unspecified atom stereocenters. The minimum absolute atomic E-state index is 0.0136. The summed E-state index contributed by atoms with van der Waals surface area (Å²) in [5.41, 5.74) is 2.31. The fourth-order valence-electron chi connectivity index (χ4n) is 2.62. The number of nitrogens with one attached hydrogen (secondary N) is 3. The standard InChI is InChI=1S/C24H39N3O7.C3H8/c1-3-20-5-7-21(8-6-20)17-27-24(30)19-34-16-14-32-12-10-26-23(29)18-33-15-13-31-11-9-25-22(28)4-2;1-3-2/h5-8H,3-4,9-19H2,1-2H3,(H,25,28)(H,26,29)(H,27,30);3H2,1-2H3. The van der Waals surface area contributed by atoms with Gasteiger partial charge >= 0.3 is 0 Å². The monoisotopic (exact) mass is 525 g/mol. The molecule has 10 nitrogen and oxygen atoms in total. The van der Waals surface area contributed by atoms with Crippen molar-refractivity contribution in [3.63, 3.8) is 0 Å². The first kappa shape index (κ1) is 34.5. The van der Waals surface area contributed by atoms with Crippen LogP contribution in [0.2, 0.25) is 0 Å². The van der Waals surface area contributed by atoms with Crippen LogP contribution < -0.4 is 16.0 Å². The number of carbonyl (C=O) groups is 3. The molecule has 0 aromatic heterocycles. The third-order valence-corrected chi connectivity index (χ3v) is 4.59. The third-order valence-electron chi connectivity index (χ3n) is 4.59. The van der Waals surface area contributed by atoms with Gasteiger partial charge in [-0.25, -0.2) is 0 Å². The van der Waals surface area contributed by atoms with Gasteiger partial charge in [-0.15, -0.1) is 0 Å². The predicted molar refractivity (Wildman–Crippen MR) is 143 cm³/mol. The summed E-state index contributed by atoms with van der Waals surface area (Å²) < 4.78 is 21.1. The lowest BCUT2D eigenvalue weighted by atomic mass is 10.1. The van der Waals surface area contributed by atoms with Crippen LogP contribution in [0.25, 0.3) is 0 Å². The van der Waals surface area contributed by atoms with Gasteiger partial charge in [0.1, 0.15) is 13.2 Å². The van der Waals surface area contributed by atoms with E-state index in [4.69, 9.17) is 18.9 Å². The van der Waals surface area contributed by atoms with Crippen LogP contribution in [-0.4, -0.2) is 83.7 Å². The van der Waals surface area contributed by atoms with Crippen molar-refractivity contribution in [1.82, 2.24) is 16.0 Å². The highest BCUT2D eigenvalue weighted by atomic mass is 16.5. The van der Waals surface area contributed by atoms with Crippen LogP contribution in [-0.2, 0) is 46.3 Å². The van der Waals surface area contributed by atoms with E-state index in [-0.39, 0.29) is 37.5 Å². The zero-order chi connectivity index (χ0) is 27.6. The molecule has 212 valence electrons. The van der Waals surface area contributed by atoms with E-state index in [0.29, 0.717) is 59.1 Å². The average Bonchev–Trinajstić information content (AvgIpc) is 2.91. The number of hydrogen-bond donors (Lipinski definition) is 3. The second-order valence-electron chi connectivity index (χ2n) is 8.04. The van der Waals surface area contributed by atoms with Crippen molar-refractivity contribution in [2.45, 2.75) is 53.5 Å². The Bertz CT molecular complexity index is 714. The van der Waals surface area contributed by atoms with Crippen LogP contribution in [0.1, 0.15) is 51.7 Å². The van der Waals surface area contributed by atoms with Gasteiger partial charge in [-0.05, 0) is 17.5 Å². The molecule has 0 saturated carbocycles. The molecule has 3 N–H and O–H groups in total. The maximum atomic E-state index is 11.8. The van der Waals surface area contributed by atoms with E-state index in [1.165, 1.54) is 12.0 Å². The van der Waals surface area contributed by atoms with Crippen molar-refractivity contribution < 1.29 is 33.3 Å². The average molecular weight is 526 g/mol. The summed E-state index contributed by atoms with van der Waals surface area (Å²) in [5.74, 6) is -0.433. The van der Waals surface area contributed by atoms with Gasteiger partial charge in [0.2, 0.25) is 17.7 Å². The molecule has 10 heteroatoms. The lowest BCUT2D eigenvalue weighted by Gasteiger charge is -2.09. The minimum Gasteiger partial charge on any atom is -0.377 e. The lowest BCUT2D eigenvalue weighted by Crippen LogP contribution is -2.31. The number of aryl methyl sites for hydroxylation is 1. The quantitative estimate of drug-likeness (QED) is 0.222. The van der Waals surface area contributed by atoms with Crippen molar-refractivity contribution in [3.05, 3.63) is 35.4 Å². The van der Waals surface area contributed by atoms with Crippen molar-refractivity contribution in [1.29, 1.82) is 0 Å². The van der Waals surface area contributed by atoms with E-state index in [9.17, 15) is 14.4 Å². The number of ether oxygens (including phenoxy) is 4. The van der Waals surface area contributed by atoms with E-state index in [2.05, 4.69) is 48.9 Å². The molecular weight excluding hydrogens is 478 g/mol. The third kappa shape index (κ3) is 22.4. The van der Waals surface area contributed by atoms with Gasteiger partial charge in [0.05, 0.1) is 39.6 Å². The molecule has 0 saturated heterocycles. The van der Waals surface area contributed by atoms with Crippen LogP contribution in [0, 0.1) is 0 Å². The van der Waals surface area contributed by atoms with Crippen molar-refractivity contribution in [3.8, 4) is 0 Å². The summed E-state index contributed by atoms with van der Waals surface area (Å²) in [6.45, 7) is 11.3. The Balaban J connectivity index is 0.00000410. The summed E-state index contributed by atoms with van der Waals surface area (Å²) in [4.78, 5) is 34.5. The molecule has 0 aliphatic heterocycles. The van der Waals surface area contributed by atoms with E-state index < -0.39 is 0 Å².